The Morgan fingerprint density at radius 1 is 1.53 bits per heavy atom. The third-order valence-electron chi connectivity index (χ3n) is 2.29. The first-order chi connectivity index (χ1) is 7.07. The minimum atomic E-state index is -0.471. The highest BCUT2D eigenvalue weighted by Crippen LogP contribution is 2.32. The maximum absolute atomic E-state index is 10.7. The van der Waals surface area contributed by atoms with Gasteiger partial charge >= 0.3 is 0 Å². The Morgan fingerprint density at radius 2 is 2.20 bits per heavy atom. The first kappa shape index (κ1) is 11.3. The lowest BCUT2D eigenvalue weighted by Gasteiger charge is -2.07. The number of phenols is 1. The number of hydrogen-bond acceptors (Lipinski definition) is 4. The van der Waals surface area contributed by atoms with E-state index in [4.69, 9.17) is 5.73 Å². The molecule has 0 aliphatic carbocycles. The standard InChI is InChI=1S/C10H14N2O3/c1-2-3-4-7-8(12(14)15)5-6-9(13)10(7)11/h5-6,13H,2-4,11H2,1H3. The van der Waals surface area contributed by atoms with Crippen LogP contribution in [-0.4, -0.2) is 10.0 Å². The van der Waals surface area contributed by atoms with Crippen LogP contribution < -0.4 is 5.73 Å². The van der Waals surface area contributed by atoms with E-state index in [0.717, 1.165) is 12.8 Å². The zero-order valence-corrected chi connectivity index (χ0v) is 8.56. The van der Waals surface area contributed by atoms with E-state index in [1.807, 2.05) is 6.92 Å². The van der Waals surface area contributed by atoms with Crippen molar-refractivity contribution in [3.05, 3.63) is 27.8 Å². The van der Waals surface area contributed by atoms with Gasteiger partial charge in [-0.05, 0) is 18.9 Å². The van der Waals surface area contributed by atoms with E-state index in [1.165, 1.54) is 12.1 Å². The van der Waals surface area contributed by atoms with Crippen molar-refractivity contribution < 1.29 is 10.0 Å². The van der Waals surface area contributed by atoms with Crippen LogP contribution in [0.3, 0.4) is 0 Å². The second kappa shape index (κ2) is 4.63. The highest BCUT2D eigenvalue weighted by atomic mass is 16.6. The second-order valence-corrected chi connectivity index (χ2v) is 3.36. The van der Waals surface area contributed by atoms with Crippen LogP contribution in [0.4, 0.5) is 11.4 Å². The minimum absolute atomic E-state index is 0.0150. The molecule has 0 radical (unpaired) electrons. The van der Waals surface area contributed by atoms with E-state index in [-0.39, 0.29) is 17.1 Å². The Balaban J connectivity index is 3.16. The molecule has 0 fully saturated rings. The SMILES string of the molecule is CCCCc1c([N+](=O)[O-])ccc(O)c1N. The zero-order chi connectivity index (χ0) is 11.4. The number of nitrogens with zero attached hydrogens (tertiary/aromatic N) is 1. The number of benzene rings is 1. The fourth-order valence-electron chi connectivity index (χ4n) is 1.43. The van der Waals surface area contributed by atoms with E-state index in [0.29, 0.717) is 12.0 Å². The van der Waals surface area contributed by atoms with Crippen molar-refractivity contribution in [1.29, 1.82) is 0 Å². The Bertz CT molecular complexity index is 377. The fourth-order valence-corrected chi connectivity index (χ4v) is 1.43. The average molecular weight is 210 g/mol. The van der Waals surface area contributed by atoms with Crippen molar-refractivity contribution in [3.63, 3.8) is 0 Å². The molecule has 0 aromatic heterocycles. The molecule has 0 amide bonds. The molecule has 1 aromatic carbocycles. The first-order valence-corrected chi connectivity index (χ1v) is 4.82. The number of nitro benzene ring substituents is 1. The molecule has 0 heterocycles. The quantitative estimate of drug-likeness (QED) is 0.345. The molecule has 0 atom stereocenters. The van der Waals surface area contributed by atoms with Crippen LogP contribution >= 0.6 is 0 Å². The molecular formula is C10H14N2O3. The van der Waals surface area contributed by atoms with Crippen molar-refractivity contribution in [2.24, 2.45) is 0 Å². The number of nitro groups is 1. The van der Waals surface area contributed by atoms with Gasteiger partial charge in [0.1, 0.15) is 5.75 Å². The van der Waals surface area contributed by atoms with Crippen LogP contribution in [0.2, 0.25) is 0 Å². The summed E-state index contributed by atoms with van der Waals surface area (Å²) in [6.07, 6.45) is 2.26. The highest BCUT2D eigenvalue weighted by molar-refractivity contribution is 5.65. The van der Waals surface area contributed by atoms with E-state index < -0.39 is 4.92 Å². The third kappa shape index (κ3) is 2.37. The van der Waals surface area contributed by atoms with Crippen LogP contribution in [0, 0.1) is 10.1 Å². The van der Waals surface area contributed by atoms with Crippen molar-refractivity contribution in [2.45, 2.75) is 26.2 Å². The molecule has 1 aromatic rings. The summed E-state index contributed by atoms with van der Waals surface area (Å²) in [5.74, 6) is -0.0910. The number of nitrogen functional groups attached to an aromatic ring is 1. The van der Waals surface area contributed by atoms with Crippen LogP contribution in [0.25, 0.3) is 0 Å². The lowest BCUT2D eigenvalue weighted by Crippen LogP contribution is -2.01. The smallest absolute Gasteiger partial charge is 0.274 e. The third-order valence-corrected chi connectivity index (χ3v) is 2.29. The van der Waals surface area contributed by atoms with Crippen LogP contribution in [0.1, 0.15) is 25.3 Å². The molecule has 0 unspecified atom stereocenters. The maximum Gasteiger partial charge on any atom is 0.274 e. The van der Waals surface area contributed by atoms with E-state index in [2.05, 4.69) is 0 Å². The molecule has 0 aliphatic rings. The summed E-state index contributed by atoms with van der Waals surface area (Å²) < 4.78 is 0. The van der Waals surface area contributed by atoms with Gasteiger partial charge in [0.2, 0.25) is 0 Å². The predicted octanol–water partition coefficient (Wildman–Crippen LogP) is 2.23. The van der Waals surface area contributed by atoms with E-state index in [9.17, 15) is 15.2 Å². The molecule has 15 heavy (non-hydrogen) atoms. The second-order valence-electron chi connectivity index (χ2n) is 3.36. The summed E-state index contributed by atoms with van der Waals surface area (Å²) in [5, 5.41) is 20.1. The Kier molecular flexibility index (Phi) is 3.49. The number of hydrogen-bond donors (Lipinski definition) is 2. The van der Waals surface area contributed by atoms with E-state index in [1.54, 1.807) is 0 Å². The van der Waals surface area contributed by atoms with Gasteiger partial charge in [0.25, 0.3) is 5.69 Å². The van der Waals surface area contributed by atoms with Gasteiger partial charge in [-0.2, -0.15) is 0 Å². The molecule has 3 N–H and O–H groups in total. The van der Waals surface area contributed by atoms with Gasteiger partial charge in [-0.15, -0.1) is 0 Å². The number of unbranched alkanes of at least 4 members (excludes halogenated alkanes) is 1. The largest absolute Gasteiger partial charge is 0.506 e. The van der Waals surface area contributed by atoms with Gasteiger partial charge in [0.05, 0.1) is 16.2 Å². The summed E-state index contributed by atoms with van der Waals surface area (Å²) in [6, 6.07) is 2.54. The highest BCUT2D eigenvalue weighted by Gasteiger charge is 2.18. The van der Waals surface area contributed by atoms with Gasteiger partial charge in [0.15, 0.2) is 0 Å². The molecule has 5 heteroatoms. The number of anilines is 1. The summed E-state index contributed by atoms with van der Waals surface area (Å²) >= 11 is 0. The van der Waals surface area contributed by atoms with Crippen LogP contribution in [-0.2, 0) is 6.42 Å². The lowest BCUT2D eigenvalue weighted by atomic mass is 10.0. The molecule has 0 bridgehead atoms. The fraction of sp³-hybridized carbons (Fsp3) is 0.400. The topological polar surface area (TPSA) is 89.4 Å². The Hall–Kier alpha value is -1.78. The number of phenolic OH excluding ortho intramolecular Hbond substituents is 1. The molecule has 5 nitrogen and oxygen atoms in total. The molecule has 82 valence electrons. The lowest BCUT2D eigenvalue weighted by molar-refractivity contribution is -0.385. The van der Waals surface area contributed by atoms with Crippen LogP contribution in [0.15, 0.2) is 12.1 Å². The summed E-state index contributed by atoms with van der Waals surface area (Å²) in [7, 11) is 0. The summed E-state index contributed by atoms with van der Waals surface area (Å²) in [4.78, 5) is 10.2. The van der Waals surface area contributed by atoms with Crippen molar-refractivity contribution in [2.75, 3.05) is 5.73 Å². The molecule has 1 rings (SSSR count). The number of rotatable bonds is 4. The van der Waals surface area contributed by atoms with Gasteiger partial charge in [0, 0.05) is 6.07 Å². The normalized spacial score (nSPS) is 10.2. The molecule has 0 saturated heterocycles. The first-order valence-electron chi connectivity index (χ1n) is 4.82. The summed E-state index contributed by atoms with van der Waals surface area (Å²) in [6.45, 7) is 1.99. The Morgan fingerprint density at radius 3 is 2.73 bits per heavy atom. The molecule has 0 saturated carbocycles. The molecular weight excluding hydrogens is 196 g/mol. The van der Waals surface area contributed by atoms with Gasteiger partial charge in [-0.25, -0.2) is 0 Å². The van der Waals surface area contributed by atoms with Crippen LogP contribution in [0.5, 0.6) is 5.75 Å². The number of aromatic hydroxyl groups is 1. The monoisotopic (exact) mass is 210 g/mol. The van der Waals surface area contributed by atoms with Gasteiger partial charge < -0.3 is 10.8 Å². The van der Waals surface area contributed by atoms with Crippen molar-refractivity contribution in [3.8, 4) is 5.75 Å². The zero-order valence-electron chi connectivity index (χ0n) is 8.56. The Labute approximate surface area is 87.7 Å². The minimum Gasteiger partial charge on any atom is -0.506 e. The van der Waals surface area contributed by atoms with Crippen molar-refractivity contribution in [1.82, 2.24) is 0 Å². The summed E-state index contributed by atoms with van der Waals surface area (Å²) in [5.41, 5.74) is 6.15. The predicted molar refractivity (Wildman–Crippen MR) is 57.8 cm³/mol. The van der Waals surface area contributed by atoms with Gasteiger partial charge in [-0.3, -0.25) is 10.1 Å². The average Bonchev–Trinajstić information content (AvgIpc) is 2.19. The molecule has 0 spiro atoms. The maximum atomic E-state index is 10.7. The van der Waals surface area contributed by atoms with Crippen molar-refractivity contribution >= 4 is 11.4 Å². The van der Waals surface area contributed by atoms with E-state index >= 15 is 0 Å². The number of nitrogens with two attached hydrogens (primary N) is 1. The van der Waals surface area contributed by atoms with Gasteiger partial charge in [-0.1, -0.05) is 13.3 Å². The molecule has 0 aliphatic heterocycles.